The third kappa shape index (κ3) is 2.08. The standard InChI is InChI=1S/C19H20N2O/c22-20-18-14-11-12-15(13-14)19(18)21(16-7-3-1-4-8-16)17-9-5-2-6-10-17/h1-10,14-15,19,22H,11-13H2/b20-18+. The van der Waals surface area contributed by atoms with E-state index in [0.717, 1.165) is 29.9 Å². The van der Waals surface area contributed by atoms with Crippen LogP contribution in [0.2, 0.25) is 0 Å². The molecule has 22 heavy (non-hydrogen) atoms. The Hall–Kier alpha value is -2.29. The van der Waals surface area contributed by atoms with E-state index >= 15 is 0 Å². The van der Waals surface area contributed by atoms with E-state index in [9.17, 15) is 5.21 Å². The van der Waals surface area contributed by atoms with E-state index in [-0.39, 0.29) is 6.04 Å². The average molecular weight is 292 g/mol. The van der Waals surface area contributed by atoms with Crippen LogP contribution in [0.3, 0.4) is 0 Å². The molecule has 3 nitrogen and oxygen atoms in total. The molecule has 2 bridgehead atoms. The van der Waals surface area contributed by atoms with Gasteiger partial charge in [-0.3, -0.25) is 0 Å². The lowest BCUT2D eigenvalue weighted by molar-refractivity contribution is 0.311. The molecule has 2 aromatic rings. The molecular weight excluding hydrogens is 272 g/mol. The van der Waals surface area contributed by atoms with Crippen molar-refractivity contribution in [2.24, 2.45) is 17.0 Å². The second kappa shape index (κ2) is 5.48. The Morgan fingerprint density at radius 2 is 1.45 bits per heavy atom. The van der Waals surface area contributed by atoms with Crippen LogP contribution in [0.25, 0.3) is 0 Å². The van der Waals surface area contributed by atoms with Crippen molar-refractivity contribution in [1.29, 1.82) is 0 Å². The fourth-order valence-corrected chi connectivity index (χ4v) is 4.19. The fraction of sp³-hybridized carbons (Fsp3) is 0.316. The van der Waals surface area contributed by atoms with Gasteiger partial charge in [-0.1, -0.05) is 41.6 Å². The van der Waals surface area contributed by atoms with Crippen LogP contribution in [-0.4, -0.2) is 17.0 Å². The molecule has 3 unspecified atom stereocenters. The Morgan fingerprint density at radius 3 is 2.00 bits per heavy atom. The largest absolute Gasteiger partial charge is 0.411 e. The number of oxime groups is 1. The van der Waals surface area contributed by atoms with Crippen molar-refractivity contribution in [2.75, 3.05) is 4.90 Å². The molecule has 2 aliphatic carbocycles. The number of benzene rings is 2. The summed E-state index contributed by atoms with van der Waals surface area (Å²) < 4.78 is 0. The van der Waals surface area contributed by atoms with E-state index in [2.05, 4.69) is 58.6 Å². The maximum atomic E-state index is 9.56. The van der Waals surface area contributed by atoms with Gasteiger partial charge in [0, 0.05) is 17.3 Å². The van der Waals surface area contributed by atoms with Crippen LogP contribution in [0.5, 0.6) is 0 Å². The average Bonchev–Trinajstić information content (AvgIpc) is 3.18. The number of anilines is 2. The van der Waals surface area contributed by atoms with E-state index in [1.54, 1.807) is 0 Å². The Labute approximate surface area is 130 Å². The second-order valence-electron chi connectivity index (χ2n) is 6.28. The number of hydrogen-bond donors (Lipinski definition) is 1. The SMILES string of the molecule is O/N=C1\C2CCC(C2)C1N(c1ccccc1)c1ccccc1. The quantitative estimate of drug-likeness (QED) is 0.670. The molecular formula is C19H20N2O. The summed E-state index contributed by atoms with van der Waals surface area (Å²) in [5.74, 6) is 1.03. The summed E-state index contributed by atoms with van der Waals surface area (Å²) >= 11 is 0. The normalized spacial score (nSPS) is 28.2. The van der Waals surface area contributed by atoms with Crippen LogP contribution in [0.1, 0.15) is 19.3 Å². The van der Waals surface area contributed by atoms with E-state index in [1.807, 2.05) is 12.1 Å². The minimum absolute atomic E-state index is 0.175. The molecule has 0 aromatic heterocycles. The van der Waals surface area contributed by atoms with Gasteiger partial charge in [-0.25, -0.2) is 0 Å². The van der Waals surface area contributed by atoms with Crippen LogP contribution in [0.15, 0.2) is 65.8 Å². The van der Waals surface area contributed by atoms with Crippen LogP contribution in [-0.2, 0) is 0 Å². The van der Waals surface area contributed by atoms with Gasteiger partial charge in [0.2, 0.25) is 0 Å². The first-order chi connectivity index (χ1) is 10.9. The van der Waals surface area contributed by atoms with Gasteiger partial charge < -0.3 is 10.1 Å². The molecule has 0 amide bonds. The van der Waals surface area contributed by atoms with Crippen molar-refractivity contribution >= 4 is 17.1 Å². The minimum atomic E-state index is 0.175. The summed E-state index contributed by atoms with van der Waals surface area (Å²) in [6.45, 7) is 0. The third-order valence-corrected chi connectivity index (χ3v) is 5.10. The van der Waals surface area contributed by atoms with Gasteiger partial charge >= 0.3 is 0 Å². The molecule has 4 rings (SSSR count). The van der Waals surface area contributed by atoms with Crippen molar-refractivity contribution in [3.8, 4) is 0 Å². The molecule has 112 valence electrons. The molecule has 0 aliphatic heterocycles. The summed E-state index contributed by atoms with van der Waals surface area (Å²) in [6.07, 6.45) is 3.54. The van der Waals surface area contributed by atoms with E-state index < -0.39 is 0 Å². The van der Waals surface area contributed by atoms with Gasteiger partial charge in [-0.2, -0.15) is 0 Å². The van der Waals surface area contributed by atoms with Crippen molar-refractivity contribution in [2.45, 2.75) is 25.3 Å². The van der Waals surface area contributed by atoms with E-state index in [1.165, 1.54) is 6.42 Å². The summed E-state index contributed by atoms with van der Waals surface area (Å²) in [4.78, 5) is 2.35. The van der Waals surface area contributed by atoms with E-state index in [4.69, 9.17) is 0 Å². The summed E-state index contributed by atoms with van der Waals surface area (Å²) in [7, 11) is 0. The molecule has 0 spiro atoms. The van der Waals surface area contributed by atoms with Gasteiger partial charge in [0.15, 0.2) is 0 Å². The monoisotopic (exact) mass is 292 g/mol. The van der Waals surface area contributed by atoms with Crippen molar-refractivity contribution < 1.29 is 5.21 Å². The molecule has 2 fully saturated rings. The van der Waals surface area contributed by atoms with Gasteiger partial charge in [0.25, 0.3) is 0 Å². The van der Waals surface area contributed by atoms with Gasteiger partial charge in [0.05, 0.1) is 11.8 Å². The molecule has 2 aromatic carbocycles. The predicted molar refractivity (Wildman–Crippen MR) is 88.9 cm³/mol. The molecule has 2 saturated carbocycles. The molecule has 3 atom stereocenters. The molecule has 2 aliphatic rings. The van der Waals surface area contributed by atoms with Gasteiger partial charge in [0.1, 0.15) is 0 Å². The first kappa shape index (κ1) is 13.4. The van der Waals surface area contributed by atoms with Crippen LogP contribution in [0, 0.1) is 11.8 Å². The van der Waals surface area contributed by atoms with Crippen molar-refractivity contribution in [1.82, 2.24) is 0 Å². The second-order valence-corrected chi connectivity index (χ2v) is 6.28. The lowest BCUT2D eigenvalue weighted by Crippen LogP contribution is -2.42. The maximum absolute atomic E-state index is 9.56. The molecule has 0 heterocycles. The highest BCUT2D eigenvalue weighted by molar-refractivity contribution is 5.98. The lowest BCUT2D eigenvalue weighted by atomic mass is 9.91. The number of fused-ring (bicyclic) bond motifs is 2. The molecule has 1 N–H and O–H groups in total. The van der Waals surface area contributed by atoms with Crippen molar-refractivity contribution in [3.63, 3.8) is 0 Å². The Bertz CT molecular complexity index is 629. The zero-order valence-electron chi connectivity index (χ0n) is 12.5. The highest BCUT2D eigenvalue weighted by atomic mass is 16.4. The highest BCUT2D eigenvalue weighted by Gasteiger charge is 2.48. The Morgan fingerprint density at radius 1 is 0.864 bits per heavy atom. The summed E-state index contributed by atoms with van der Waals surface area (Å²) in [6, 6.07) is 21.0. The van der Waals surface area contributed by atoms with E-state index in [0.29, 0.717) is 11.8 Å². The number of nitrogens with zero attached hydrogens (tertiary/aromatic N) is 2. The van der Waals surface area contributed by atoms with Crippen LogP contribution < -0.4 is 4.90 Å². The van der Waals surface area contributed by atoms with Gasteiger partial charge in [-0.15, -0.1) is 0 Å². The maximum Gasteiger partial charge on any atom is 0.0832 e. The predicted octanol–water partition coefficient (Wildman–Crippen LogP) is 4.45. The Balaban J connectivity index is 1.81. The zero-order valence-corrected chi connectivity index (χ0v) is 12.5. The van der Waals surface area contributed by atoms with Crippen molar-refractivity contribution in [3.05, 3.63) is 60.7 Å². The molecule has 0 saturated heterocycles. The van der Waals surface area contributed by atoms with Crippen LogP contribution in [0.4, 0.5) is 11.4 Å². The zero-order chi connectivity index (χ0) is 14.9. The summed E-state index contributed by atoms with van der Waals surface area (Å²) in [5, 5.41) is 13.3. The smallest absolute Gasteiger partial charge is 0.0832 e. The van der Waals surface area contributed by atoms with Crippen LogP contribution >= 0.6 is 0 Å². The number of rotatable bonds is 3. The molecule has 3 heteroatoms. The Kier molecular flexibility index (Phi) is 3.34. The third-order valence-electron chi connectivity index (χ3n) is 5.10. The number of hydrogen-bond acceptors (Lipinski definition) is 3. The highest BCUT2D eigenvalue weighted by Crippen LogP contribution is 2.47. The summed E-state index contributed by atoms with van der Waals surface area (Å²) in [5.41, 5.74) is 3.28. The minimum Gasteiger partial charge on any atom is -0.411 e. The molecule has 0 radical (unpaired) electrons. The lowest BCUT2D eigenvalue weighted by Gasteiger charge is -2.36. The number of para-hydroxylation sites is 2. The first-order valence-corrected chi connectivity index (χ1v) is 7.99. The first-order valence-electron chi connectivity index (χ1n) is 7.99. The topological polar surface area (TPSA) is 35.8 Å². The van der Waals surface area contributed by atoms with Gasteiger partial charge in [-0.05, 0) is 49.4 Å². The fourth-order valence-electron chi connectivity index (χ4n) is 4.19.